The van der Waals surface area contributed by atoms with Crippen LogP contribution in [0, 0.1) is 6.92 Å². The Kier molecular flexibility index (Phi) is 2.49. The van der Waals surface area contributed by atoms with E-state index >= 15 is 0 Å². The van der Waals surface area contributed by atoms with E-state index in [1.807, 2.05) is 0 Å². The first-order chi connectivity index (χ1) is 8.31. The summed E-state index contributed by atoms with van der Waals surface area (Å²) in [6.45, 7) is 2.90. The van der Waals surface area contributed by atoms with E-state index in [1.165, 1.54) is 33.4 Å². The maximum atomic E-state index is 5.29. The van der Waals surface area contributed by atoms with Crippen molar-refractivity contribution in [3.8, 4) is 11.1 Å². The Morgan fingerprint density at radius 1 is 1.12 bits per heavy atom. The van der Waals surface area contributed by atoms with Crippen molar-refractivity contribution in [1.29, 1.82) is 0 Å². The smallest absolute Gasteiger partial charge is 0.0716 e. The highest BCUT2D eigenvalue weighted by Gasteiger charge is 2.22. The van der Waals surface area contributed by atoms with Crippen LogP contribution in [0.15, 0.2) is 36.4 Å². The standard InChI is InChI=1S/C16H16O/c1-11-7-8-13(10-17-2)15-9-12-5-3-4-6-14(12)16(11)15/h3-8H,9-10H2,1-2H3. The highest BCUT2D eigenvalue weighted by Crippen LogP contribution is 2.40. The lowest BCUT2D eigenvalue weighted by atomic mass is 9.97. The van der Waals surface area contributed by atoms with E-state index < -0.39 is 0 Å². The van der Waals surface area contributed by atoms with E-state index in [4.69, 9.17) is 4.74 Å². The van der Waals surface area contributed by atoms with Gasteiger partial charge in [-0.05, 0) is 46.7 Å². The van der Waals surface area contributed by atoms with Gasteiger partial charge in [0.25, 0.3) is 0 Å². The molecule has 1 heteroatoms. The lowest BCUT2D eigenvalue weighted by Crippen LogP contribution is -1.96. The summed E-state index contributed by atoms with van der Waals surface area (Å²) in [5.41, 5.74) is 8.41. The van der Waals surface area contributed by atoms with Crippen LogP contribution in [-0.4, -0.2) is 7.11 Å². The second kappa shape index (κ2) is 4.01. The molecule has 0 N–H and O–H groups in total. The van der Waals surface area contributed by atoms with Crippen LogP contribution in [0.5, 0.6) is 0 Å². The summed E-state index contributed by atoms with van der Waals surface area (Å²) in [5.74, 6) is 0. The first-order valence-electron chi connectivity index (χ1n) is 6.00. The predicted molar refractivity (Wildman–Crippen MR) is 70.1 cm³/mol. The SMILES string of the molecule is COCc1ccc(C)c2c1Cc1ccccc1-2. The van der Waals surface area contributed by atoms with Crippen molar-refractivity contribution in [3.05, 3.63) is 58.7 Å². The summed E-state index contributed by atoms with van der Waals surface area (Å²) < 4.78 is 5.29. The quantitative estimate of drug-likeness (QED) is 0.644. The van der Waals surface area contributed by atoms with Crippen LogP contribution in [0.25, 0.3) is 11.1 Å². The molecule has 0 saturated heterocycles. The number of ether oxygens (including phenoxy) is 1. The molecule has 1 aliphatic rings. The molecule has 1 aliphatic carbocycles. The van der Waals surface area contributed by atoms with Gasteiger partial charge in [0.2, 0.25) is 0 Å². The van der Waals surface area contributed by atoms with Crippen molar-refractivity contribution in [2.45, 2.75) is 20.0 Å². The van der Waals surface area contributed by atoms with Gasteiger partial charge in [0.05, 0.1) is 6.61 Å². The van der Waals surface area contributed by atoms with Crippen molar-refractivity contribution < 1.29 is 4.74 Å². The van der Waals surface area contributed by atoms with Gasteiger partial charge in [-0.2, -0.15) is 0 Å². The number of fused-ring (bicyclic) bond motifs is 3. The second-order valence-corrected chi connectivity index (χ2v) is 4.66. The summed E-state index contributed by atoms with van der Waals surface area (Å²) in [6, 6.07) is 13.1. The number of aryl methyl sites for hydroxylation is 1. The average Bonchev–Trinajstić information content (AvgIpc) is 2.73. The third-order valence-electron chi connectivity index (χ3n) is 3.57. The molecule has 0 unspecified atom stereocenters. The predicted octanol–water partition coefficient (Wildman–Crippen LogP) is 3.71. The van der Waals surface area contributed by atoms with Crippen molar-refractivity contribution in [2.75, 3.05) is 7.11 Å². The molecule has 2 aromatic carbocycles. The summed E-state index contributed by atoms with van der Waals surface area (Å²) in [6.07, 6.45) is 1.05. The van der Waals surface area contributed by atoms with E-state index in [-0.39, 0.29) is 0 Å². The molecule has 3 rings (SSSR count). The van der Waals surface area contributed by atoms with Crippen LogP contribution in [0.1, 0.15) is 22.3 Å². The minimum absolute atomic E-state index is 0.705. The fourth-order valence-electron chi connectivity index (χ4n) is 2.78. The first-order valence-corrected chi connectivity index (χ1v) is 6.00. The van der Waals surface area contributed by atoms with Crippen LogP contribution < -0.4 is 0 Å². The summed E-state index contributed by atoms with van der Waals surface area (Å²) in [7, 11) is 1.76. The zero-order valence-corrected chi connectivity index (χ0v) is 10.3. The van der Waals surface area contributed by atoms with E-state index in [2.05, 4.69) is 43.3 Å². The Bertz CT molecular complexity index is 570. The molecular formula is C16H16O. The molecule has 86 valence electrons. The minimum Gasteiger partial charge on any atom is -0.380 e. The van der Waals surface area contributed by atoms with Crippen LogP contribution in [-0.2, 0) is 17.8 Å². The minimum atomic E-state index is 0.705. The molecule has 17 heavy (non-hydrogen) atoms. The lowest BCUT2D eigenvalue weighted by molar-refractivity contribution is 0.184. The molecule has 0 spiro atoms. The Morgan fingerprint density at radius 2 is 1.94 bits per heavy atom. The maximum Gasteiger partial charge on any atom is 0.0716 e. The van der Waals surface area contributed by atoms with Crippen LogP contribution >= 0.6 is 0 Å². The molecule has 0 radical (unpaired) electrons. The lowest BCUT2D eigenvalue weighted by Gasteiger charge is -2.10. The molecule has 0 bridgehead atoms. The summed E-state index contributed by atoms with van der Waals surface area (Å²) in [5, 5.41) is 0. The Balaban J connectivity index is 2.22. The van der Waals surface area contributed by atoms with Gasteiger partial charge in [-0.15, -0.1) is 0 Å². The topological polar surface area (TPSA) is 9.23 Å². The summed E-state index contributed by atoms with van der Waals surface area (Å²) >= 11 is 0. The van der Waals surface area contributed by atoms with Crippen molar-refractivity contribution in [2.24, 2.45) is 0 Å². The van der Waals surface area contributed by atoms with Gasteiger partial charge in [0.15, 0.2) is 0 Å². The Labute approximate surface area is 102 Å². The molecule has 2 aromatic rings. The Morgan fingerprint density at radius 3 is 2.76 bits per heavy atom. The highest BCUT2D eigenvalue weighted by atomic mass is 16.5. The zero-order valence-electron chi connectivity index (χ0n) is 10.3. The molecule has 0 heterocycles. The highest BCUT2D eigenvalue weighted by molar-refractivity contribution is 5.80. The van der Waals surface area contributed by atoms with Gasteiger partial charge in [0.1, 0.15) is 0 Å². The number of hydrogen-bond acceptors (Lipinski definition) is 1. The third kappa shape index (κ3) is 1.58. The molecule has 0 aromatic heterocycles. The second-order valence-electron chi connectivity index (χ2n) is 4.66. The largest absolute Gasteiger partial charge is 0.380 e. The van der Waals surface area contributed by atoms with Gasteiger partial charge < -0.3 is 4.74 Å². The molecule has 0 aliphatic heterocycles. The molecule has 0 amide bonds. The van der Waals surface area contributed by atoms with E-state index in [0.717, 1.165) is 6.42 Å². The molecule has 0 atom stereocenters. The van der Waals surface area contributed by atoms with E-state index in [0.29, 0.717) is 6.61 Å². The van der Waals surface area contributed by atoms with Gasteiger partial charge in [-0.3, -0.25) is 0 Å². The van der Waals surface area contributed by atoms with Crippen LogP contribution in [0.2, 0.25) is 0 Å². The van der Waals surface area contributed by atoms with E-state index in [1.54, 1.807) is 7.11 Å². The molecular weight excluding hydrogens is 208 g/mol. The fourth-order valence-corrected chi connectivity index (χ4v) is 2.78. The molecule has 1 nitrogen and oxygen atoms in total. The summed E-state index contributed by atoms with van der Waals surface area (Å²) in [4.78, 5) is 0. The normalized spacial score (nSPS) is 12.4. The van der Waals surface area contributed by atoms with Crippen LogP contribution in [0.4, 0.5) is 0 Å². The zero-order chi connectivity index (χ0) is 11.8. The number of rotatable bonds is 2. The Hall–Kier alpha value is -1.60. The number of methoxy groups -OCH3 is 1. The molecule has 0 fully saturated rings. The van der Waals surface area contributed by atoms with Gasteiger partial charge >= 0.3 is 0 Å². The maximum absolute atomic E-state index is 5.29. The molecule has 0 saturated carbocycles. The number of benzene rings is 2. The van der Waals surface area contributed by atoms with Gasteiger partial charge in [-0.1, -0.05) is 36.4 Å². The van der Waals surface area contributed by atoms with Gasteiger partial charge in [-0.25, -0.2) is 0 Å². The van der Waals surface area contributed by atoms with Crippen molar-refractivity contribution in [1.82, 2.24) is 0 Å². The monoisotopic (exact) mass is 224 g/mol. The third-order valence-corrected chi connectivity index (χ3v) is 3.57. The fraction of sp³-hybridized carbons (Fsp3) is 0.250. The first kappa shape index (κ1) is 10.5. The van der Waals surface area contributed by atoms with Crippen molar-refractivity contribution in [3.63, 3.8) is 0 Å². The van der Waals surface area contributed by atoms with Crippen molar-refractivity contribution >= 4 is 0 Å². The average molecular weight is 224 g/mol. The van der Waals surface area contributed by atoms with Gasteiger partial charge in [0, 0.05) is 7.11 Å². The van der Waals surface area contributed by atoms with E-state index in [9.17, 15) is 0 Å². The number of hydrogen-bond donors (Lipinski definition) is 0. The van der Waals surface area contributed by atoms with Crippen LogP contribution in [0.3, 0.4) is 0 Å².